The van der Waals surface area contributed by atoms with Gasteiger partial charge in [0.05, 0.1) is 29.7 Å². The van der Waals surface area contributed by atoms with Crippen LogP contribution in [-0.4, -0.2) is 5.11 Å². The number of nitrogens with zero attached hydrogens (tertiary/aromatic N) is 2. The molecule has 16 heavy (non-hydrogen) atoms. The lowest BCUT2D eigenvalue weighted by molar-refractivity contribution is -0.138. The summed E-state index contributed by atoms with van der Waals surface area (Å²) < 4.78 is 37.6. The molecule has 0 fully saturated rings. The van der Waals surface area contributed by atoms with Crippen LogP contribution in [0.4, 0.5) is 13.2 Å². The highest BCUT2D eigenvalue weighted by atomic mass is 19.4. The molecular weight excluding hydrogens is 221 g/mol. The summed E-state index contributed by atoms with van der Waals surface area (Å²) in [6, 6.07) is 4.56. The third-order valence-electron chi connectivity index (χ3n) is 1.92. The van der Waals surface area contributed by atoms with Crippen molar-refractivity contribution in [2.24, 2.45) is 0 Å². The van der Waals surface area contributed by atoms with Crippen molar-refractivity contribution in [1.82, 2.24) is 0 Å². The van der Waals surface area contributed by atoms with Crippen LogP contribution in [0.5, 0.6) is 5.75 Å². The van der Waals surface area contributed by atoms with Crippen LogP contribution in [-0.2, 0) is 12.6 Å². The molecule has 1 aromatic rings. The van der Waals surface area contributed by atoms with Crippen LogP contribution in [0, 0.1) is 22.7 Å². The predicted octanol–water partition coefficient (Wildman–Crippen LogP) is 2.35. The van der Waals surface area contributed by atoms with Crippen molar-refractivity contribution in [3.8, 4) is 17.9 Å². The van der Waals surface area contributed by atoms with E-state index in [1.165, 1.54) is 12.1 Å². The molecule has 0 saturated carbocycles. The van der Waals surface area contributed by atoms with E-state index in [2.05, 4.69) is 0 Å². The lowest BCUT2D eigenvalue weighted by atomic mass is 10.0. The molecule has 82 valence electrons. The van der Waals surface area contributed by atoms with E-state index >= 15 is 0 Å². The normalized spacial score (nSPS) is 10.6. The molecule has 1 rings (SSSR count). The molecule has 0 aromatic heterocycles. The minimum Gasteiger partial charge on any atom is -0.508 e. The maximum absolute atomic E-state index is 12.5. The number of nitriles is 2. The summed E-state index contributed by atoms with van der Waals surface area (Å²) in [4.78, 5) is 0. The molecule has 1 aromatic carbocycles. The molecule has 6 heteroatoms. The van der Waals surface area contributed by atoms with Gasteiger partial charge in [-0.15, -0.1) is 0 Å². The van der Waals surface area contributed by atoms with Gasteiger partial charge < -0.3 is 5.11 Å². The minimum atomic E-state index is -4.70. The van der Waals surface area contributed by atoms with E-state index in [0.717, 1.165) is 6.07 Å². The van der Waals surface area contributed by atoms with E-state index in [1.54, 1.807) is 0 Å². The third-order valence-corrected chi connectivity index (χ3v) is 1.92. The fraction of sp³-hybridized carbons (Fsp3) is 0.200. The van der Waals surface area contributed by atoms with Gasteiger partial charge in [-0.25, -0.2) is 0 Å². The second kappa shape index (κ2) is 4.11. The van der Waals surface area contributed by atoms with Gasteiger partial charge in [0, 0.05) is 5.56 Å². The zero-order valence-electron chi connectivity index (χ0n) is 7.84. The van der Waals surface area contributed by atoms with Crippen LogP contribution in [0.1, 0.15) is 16.7 Å². The first-order valence-electron chi connectivity index (χ1n) is 4.10. The molecule has 0 radical (unpaired) electrons. The first-order chi connectivity index (χ1) is 7.40. The molecule has 0 spiro atoms. The molecule has 0 amide bonds. The highest BCUT2D eigenvalue weighted by Gasteiger charge is 2.35. The largest absolute Gasteiger partial charge is 0.508 e. The van der Waals surface area contributed by atoms with Crippen molar-refractivity contribution in [3.05, 3.63) is 28.8 Å². The number of halogens is 3. The van der Waals surface area contributed by atoms with E-state index in [9.17, 15) is 18.3 Å². The van der Waals surface area contributed by atoms with Crippen molar-refractivity contribution in [2.75, 3.05) is 0 Å². The first-order valence-corrected chi connectivity index (χ1v) is 4.10. The van der Waals surface area contributed by atoms with Gasteiger partial charge in [-0.2, -0.15) is 23.7 Å². The average Bonchev–Trinajstić information content (AvgIpc) is 2.19. The summed E-state index contributed by atoms with van der Waals surface area (Å²) in [7, 11) is 0. The molecule has 1 N–H and O–H groups in total. The van der Waals surface area contributed by atoms with Gasteiger partial charge in [-0.1, -0.05) is 0 Å². The molecule has 0 aliphatic heterocycles. The summed E-state index contributed by atoms with van der Waals surface area (Å²) in [5.74, 6) is -0.687. The number of benzene rings is 1. The minimum absolute atomic E-state index is 0.300. The summed E-state index contributed by atoms with van der Waals surface area (Å²) in [6.45, 7) is 0. The molecule has 3 nitrogen and oxygen atoms in total. The summed E-state index contributed by atoms with van der Waals surface area (Å²) in [5.41, 5.74) is -1.95. The number of hydrogen-bond acceptors (Lipinski definition) is 3. The van der Waals surface area contributed by atoms with Crippen LogP contribution < -0.4 is 0 Å². The predicted molar refractivity (Wildman–Crippen MR) is 47.1 cm³/mol. The van der Waals surface area contributed by atoms with E-state index in [0.29, 0.717) is 6.07 Å². The fourth-order valence-electron chi connectivity index (χ4n) is 1.24. The molecule has 0 bridgehead atoms. The van der Waals surface area contributed by atoms with Gasteiger partial charge in [-0.3, -0.25) is 0 Å². The van der Waals surface area contributed by atoms with E-state index in [4.69, 9.17) is 10.5 Å². The first kappa shape index (κ1) is 11.9. The zero-order chi connectivity index (χ0) is 12.3. The zero-order valence-corrected chi connectivity index (χ0v) is 7.84. The van der Waals surface area contributed by atoms with E-state index in [1.807, 2.05) is 0 Å². The Kier molecular flexibility index (Phi) is 3.05. The Labute approximate surface area is 89.0 Å². The molecule has 0 atom stereocenters. The van der Waals surface area contributed by atoms with Gasteiger partial charge in [-0.05, 0) is 12.1 Å². The lowest BCUT2D eigenvalue weighted by Crippen LogP contribution is -2.09. The second-order valence-electron chi connectivity index (χ2n) is 2.97. The van der Waals surface area contributed by atoms with Crippen LogP contribution in [0.3, 0.4) is 0 Å². The molecule has 0 heterocycles. The highest BCUT2D eigenvalue weighted by Crippen LogP contribution is 2.36. The van der Waals surface area contributed by atoms with Gasteiger partial charge in [0.25, 0.3) is 0 Å². The van der Waals surface area contributed by atoms with Crippen LogP contribution in [0.15, 0.2) is 12.1 Å². The Bertz CT molecular complexity index is 495. The third kappa shape index (κ3) is 2.23. The number of alkyl halides is 3. The number of hydrogen-bond donors (Lipinski definition) is 1. The number of phenols is 1. The SMILES string of the molecule is N#CCc1c(O)cc(C#N)cc1C(F)(F)F. The van der Waals surface area contributed by atoms with Crippen molar-refractivity contribution in [1.29, 1.82) is 10.5 Å². The van der Waals surface area contributed by atoms with Crippen molar-refractivity contribution >= 4 is 0 Å². The topological polar surface area (TPSA) is 67.8 Å². The second-order valence-corrected chi connectivity index (χ2v) is 2.97. The lowest BCUT2D eigenvalue weighted by Gasteiger charge is -2.12. The monoisotopic (exact) mass is 226 g/mol. The molecule has 0 unspecified atom stereocenters. The van der Waals surface area contributed by atoms with Crippen molar-refractivity contribution in [2.45, 2.75) is 12.6 Å². The number of phenolic OH excluding ortho intramolecular Hbond substituents is 1. The maximum Gasteiger partial charge on any atom is 0.416 e. The number of aromatic hydroxyl groups is 1. The summed E-state index contributed by atoms with van der Waals surface area (Å²) in [6.07, 6.45) is -5.26. The van der Waals surface area contributed by atoms with Gasteiger partial charge >= 0.3 is 6.18 Å². The Morgan fingerprint density at radius 1 is 1.25 bits per heavy atom. The quantitative estimate of drug-likeness (QED) is 0.799. The fourth-order valence-corrected chi connectivity index (χ4v) is 1.24. The number of rotatable bonds is 1. The average molecular weight is 226 g/mol. The summed E-state index contributed by atoms with van der Waals surface area (Å²) >= 11 is 0. The Morgan fingerprint density at radius 2 is 1.88 bits per heavy atom. The molecule has 0 aliphatic carbocycles. The molecule has 0 saturated heterocycles. The maximum atomic E-state index is 12.5. The van der Waals surface area contributed by atoms with Crippen LogP contribution in [0.2, 0.25) is 0 Å². The van der Waals surface area contributed by atoms with Crippen molar-refractivity contribution in [3.63, 3.8) is 0 Å². The van der Waals surface area contributed by atoms with Gasteiger partial charge in [0.15, 0.2) is 0 Å². The van der Waals surface area contributed by atoms with E-state index in [-0.39, 0.29) is 5.56 Å². The van der Waals surface area contributed by atoms with Gasteiger partial charge in [0.2, 0.25) is 0 Å². The standard InChI is InChI=1S/C10H5F3N2O/c11-10(12,13)8-3-6(5-15)4-9(16)7(8)1-2-14/h3-4,16H,1H2. The Balaban J connectivity index is 3.49. The molecular formula is C10H5F3N2O. The Morgan fingerprint density at radius 3 is 2.31 bits per heavy atom. The smallest absolute Gasteiger partial charge is 0.416 e. The highest BCUT2D eigenvalue weighted by molar-refractivity contribution is 5.49. The molecule has 0 aliphatic rings. The van der Waals surface area contributed by atoms with E-state index < -0.39 is 29.5 Å². The summed E-state index contributed by atoms with van der Waals surface area (Å²) in [5, 5.41) is 26.1. The van der Waals surface area contributed by atoms with Crippen LogP contribution in [0.25, 0.3) is 0 Å². The van der Waals surface area contributed by atoms with Gasteiger partial charge in [0.1, 0.15) is 5.75 Å². The Hall–Kier alpha value is -2.21. The van der Waals surface area contributed by atoms with Crippen molar-refractivity contribution < 1.29 is 18.3 Å². The van der Waals surface area contributed by atoms with Crippen LogP contribution >= 0.6 is 0 Å².